The molecule has 88 valence electrons. The highest BCUT2D eigenvalue weighted by molar-refractivity contribution is 5.82. The first-order valence-electron chi connectivity index (χ1n) is 6.06. The minimum Gasteiger partial charge on any atom is -0.387 e. The third-order valence-electron chi connectivity index (χ3n) is 3.45. The van der Waals surface area contributed by atoms with Gasteiger partial charge in [0, 0.05) is 11.5 Å². The van der Waals surface area contributed by atoms with E-state index in [1.54, 1.807) is 0 Å². The van der Waals surface area contributed by atoms with E-state index in [1.807, 2.05) is 0 Å². The number of hydrogen-bond acceptors (Lipinski definition) is 2. The molecule has 1 saturated carbocycles. The maximum atomic E-state index is 7.49. The van der Waals surface area contributed by atoms with Crippen LogP contribution in [-0.2, 0) is 0 Å². The quantitative estimate of drug-likeness (QED) is 0.501. The van der Waals surface area contributed by atoms with E-state index >= 15 is 0 Å². The van der Waals surface area contributed by atoms with Crippen molar-refractivity contribution in [2.75, 3.05) is 13.1 Å². The molecule has 0 aliphatic heterocycles. The van der Waals surface area contributed by atoms with Crippen molar-refractivity contribution in [2.45, 2.75) is 52.5 Å². The lowest BCUT2D eigenvalue weighted by Crippen LogP contribution is -2.33. The number of rotatable bonds is 7. The number of amidine groups is 1. The Morgan fingerprint density at radius 1 is 1.47 bits per heavy atom. The molecule has 0 spiro atoms. The molecule has 0 aromatic rings. The molecule has 3 nitrogen and oxygen atoms in total. The Kier molecular flexibility index (Phi) is 4.14. The molecular weight excluding hydrogens is 186 g/mol. The average Bonchev–Trinajstić information content (AvgIpc) is 2.95. The number of nitrogens with zero attached hydrogens (tertiary/aromatic N) is 1. The van der Waals surface area contributed by atoms with Gasteiger partial charge in [0.1, 0.15) is 0 Å². The Morgan fingerprint density at radius 2 is 2.07 bits per heavy atom. The molecule has 0 amide bonds. The van der Waals surface area contributed by atoms with Gasteiger partial charge in [-0.1, -0.05) is 20.8 Å². The van der Waals surface area contributed by atoms with Gasteiger partial charge in [0.25, 0.3) is 0 Å². The van der Waals surface area contributed by atoms with Crippen LogP contribution in [-0.4, -0.2) is 29.9 Å². The van der Waals surface area contributed by atoms with Gasteiger partial charge >= 0.3 is 0 Å². The van der Waals surface area contributed by atoms with Crippen LogP contribution in [0.15, 0.2) is 0 Å². The standard InChI is InChI=1S/C12H25N3/c1-4-15(10-6-7-10)9-5-8-12(2,3)11(13)14/h10H,4-9H2,1-3H3,(H3,13,14). The fourth-order valence-corrected chi connectivity index (χ4v) is 1.90. The largest absolute Gasteiger partial charge is 0.387 e. The zero-order valence-electron chi connectivity index (χ0n) is 10.3. The van der Waals surface area contributed by atoms with Crippen molar-refractivity contribution in [3.05, 3.63) is 0 Å². The summed E-state index contributed by atoms with van der Waals surface area (Å²) >= 11 is 0. The smallest absolute Gasteiger partial charge is 0.0963 e. The fraction of sp³-hybridized carbons (Fsp3) is 0.917. The number of nitrogens with two attached hydrogens (primary N) is 1. The highest BCUT2D eigenvalue weighted by Crippen LogP contribution is 2.28. The Bertz CT molecular complexity index is 219. The van der Waals surface area contributed by atoms with Gasteiger partial charge in [-0.15, -0.1) is 0 Å². The van der Waals surface area contributed by atoms with E-state index in [2.05, 4.69) is 25.7 Å². The van der Waals surface area contributed by atoms with E-state index in [4.69, 9.17) is 11.1 Å². The molecule has 0 aromatic carbocycles. The van der Waals surface area contributed by atoms with Crippen molar-refractivity contribution in [3.8, 4) is 0 Å². The van der Waals surface area contributed by atoms with Crippen molar-refractivity contribution in [3.63, 3.8) is 0 Å². The van der Waals surface area contributed by atoms with Crippen LogP contribution in [0.25, 0.3) is 0 Å². The summed E-state index contributed by atoms with van der Waals surface area (Å²) in [4.78, 5) is 2.55. The zero-order valence-corrected chi connectivity index (χ0v) is 10.3. The van der Waals surface area contributed by atoms with E-state index in [9.17, 15) is 0 Å². The van der Waals surface area contributed by atoms with Gasteiger partial charge < -0.3 is 10.6 Å². The van der Waals surface area contributed by atoms with Crippen molar-refractivity contribution >= 4 is 5.84 Å². The van der Waals surface area contributed by atoms with Gasteiger partial charge in [-0.2, -0.15) is 0 Å². The number of hydrogen-bond donors (Lipinski definition) is 2. The Labute approximate surface area is 93.5 Å². The maximum absolute atomic E-state index is 7.49. The molecule has 1 fully saturated rings. The molecule has 0 aromatic heterocycles. The normalized spacial score (nSPS) is 17.1. The van der Waals surface area contributed by atoms with Crippen LogP contribution in [0.4, 0.5) is 0 Å². The van der Waals surface area contributed by atoms with Gasteiger partial charge in [-0.3, -0.25) is 5.41 Å². The Morgan fingerprint density at radius 3 is 2.47 bits per heavy atom. The predicted octanol–water partition coefficient (Wildman–Crippen LogP) is 2.21. The first-order valence-corrected chi connectivity index (χ1v) is 6.06. The monoisotopic (exact) mass is 211 g/mol. The van der Waals surface area contributed by atoms with E-state index in [0.717, 1.165) is 32.0 Å². The van der Waals surface area contributed by atoms with Gasteiger partial charge in [0.2, 0.25) is 0 Å². The van der Waals surface area contributed by atoms with Crippen LogP contribution in [0, 0.1) is 10.8 Å². The molecule has 0 radical (unpaired) electrons. The minimum absolute atomic E-state index is 0.122. The average molecular weight is 211 g/mol. The number of nitrogens with one attached hydrogen (secondary N) is 1. The molecule has 1 aliphatic rings. The molecule has 1 rings (SSSR count). The molecule has 0 unspecified atom stereocenters. The van der Waals surface area contributed by atoms with Crippen LogP contribution in [0.5, 0.6) is 0 Å². The summed E-state index contributed by atoms with van der Waals surface area (Å²) in [6, 6.07) is 0.857. The predicted molar refractivity (Wildman–Crippen MR) is 65.2 cm³/mol. The molecule has 1 aliphatic carbocycles. The molecule has 0 saturated heterocycles. The zero-order chi connectivity index (χ0) is 11.5. The van der Waals surface area contributed by atoms with Gasteiger partial charge in [-0.05, 0) is 38.8 Å². The van der Waals surface area contributed by atoms with Crippen LogP contribution in [0.1, 0.15) is 46.5 Å². The lowest BCUT2D eigenvalue weighted by Gasteiger charge is -2.25. The third-order valence-corrected chi connectivity index (χ3v) is 3.45. The SMILES string of the molecule is CCN(CCCC(C)(C)C(=N)N)C1CC1. The molecule has 3 heteroatoms. The van der Waals surface area contributed by atoms with Gasteiger partial charge in [0.05, 0.1) is 5.84 Å². The summed E-state index contributed by atoms with van der Waals surface area (Å²) in [5, 5.41) is 7.49. The summed E-state index contributed by atoms with van der Waals surface area (Å²) in [7, 11) is 0. The Hall–Kier alpha value is -0.570. The summed E-state index contributed by atoms with van der Waals surface area (Å²) in [6.07, 6.45) is 4.93. The second-order valence-corrected chi connectivity index (χ2v) is 5.26. The van der Waals surface area contributed by atoms with Gasteiger partial charge in [0.15, 0.2) is 0 Å². The molecule has 0 heterocycles. The maximum Gasteiger partial charge on any atom is 0.0963 e. The first-order chi connectivity index (χ1) is 6.97. The van der Waals surface area contributed by atoms with Crippen molar-refractivity contribution in [2.24, 2.45) is 11.1 Å². The van der Waals surface area contributed by atoms with Crippen molar-refractivity contribution in [1.82, 2.24) is 4.90 Å². The molecule has 3 N–H and O–H groups in total. The lowest BCUT2D eigenvalue weighted by molar-refractivity contribution is 0.260. The highest BCUT2D eigenvalue weighted by Gasteiger charge is 2.28. The second kappa shape index (κ2) is 4.97. The lowest BCUT2D eigenvalue weighted by atomic mass is 9.86. The van der Waals surface area contributed by atoms with Gasteiger partial charge in [-0.25, -0.2) is 0 Å². The highest BCUT2D eigenvalue weighted by atomic mass is 15.2. The van der Waals surface area contributed by atoms with E-state index in [1.165, 1.54) is 12.8 Å². The van der Waals surface area contributed by atoms with E-state index in [0.29, 0.717) is 5.84 Å². The minimum atomic E-state index is -0.122. The second-order valence-electron chi connectivity index (χ2n) is 5.26. The molecular formula is C12H25N3. The van der Waals surface area contributed by atoms with E-state index < -0.39 is 0 Å². The fourth-order valence-electron chi connectivity index (χ4n) is 1.90. The van der Waals surface area contributed by atoms with Crippen molar-refractivity contribution in [1.29, 1.82) is 5.41 Å². The van der Waals surface area contributed by atoms with Crippen LogP contribution in [0.3, 0.4) is 0 Å². The summed E-state index contributed by atoms with van der Waals surface area (Å²) in [6.45, 7) is 8.67. The first kappa shape index (κ1) is 12.5. The summed E-state index contributed by atoms with van der Waals surface area (Å²) < 4.78 is 0. The summed E-state index contributed by atoms with van der Waals surface area (Å²) in [5.41, 5.74) is 5.44. The molecule has 0 bridgehead atoms. The molecule has 15 heavy (non-hydrogen) atoms. The third kappa shape index (κ3) is 3.82. The van der Waals surface area contributed by atoms with Crippen LogP contribution >= 0.6 is 0 Å². The topological polar surface area (TPSA) is 53.1 Å². The summed E-state index contributed by atoms with van der Waals surface area (Å²) in [5.74, 6) is 0.317. The molecule has 0 atom stereocenters. The van der Waals surface area contributed by atoms with Crippen LogP contribution < -0.4 is 5.73 Å². The van der Waals surface area contributed by atoms with Crippen molar-refractivity contribution < 1.29 is 0 Å². The van der Waals surface area contributed by atoms with Crippen LogP contribution in [0.2, 0.25) is 0 Å². The Balaban J connectivity index is 2.22. The van der Waals surface area contributed by atoms with E-state index in [-0.39, 0.29) is 5.41 Å².